The molecule has 0 atom stereocenters. The zero-order valence-corrected chi connectivity index (χ0v) is 11.0. The molecular weight excluding hydrogens is 248 g/mol. The molecule has 0 saturated heterocycles. The van der Waals surface area contributed by atoms with E-state index in [1.807, 2.05) is 36.6 Å². The van der Waals surface area contributed by atoms with Crippen molar-refractivity contribution in [2.75, 3.05) is 6.26 Å². The van der Waals surface area contributed by atoms with Crippen molar-refractivity contribution in [2.45, 2.75) is 6.92 Å². The summed E-state index contributed by atoms with van der Waals surface area (Å²) in [6, 6.07) is 9.26. The molecule has 0 aliphatic rings. The molecule has 0 spiro atoms. The number of nitrogens with one attached hydrogen (secondary N) is 1. The third-order valence-corrected chi connectivity index (χ3v) is 2.96. The van der Waals surface area contributed by atoms with Crippen molar-refractivity contribution < 1.29 is 9.59 Å². The zero-order chi connectivity index (χ0) is 13.4. The molecule has 1 aromatic rings. The van der Waals surface area contributed by atoms with E-state index in [0.29, 0.717) is 22.8 Å². The molecule has 0 aliphatic heterocycles. The lowest BCUT2D eigenvalue weighted by Gasteiger charge is -2.06. The first-order chi connectivity index (χ1) is 8.72. The molecule has 0 unspecified atom stereocenters. The number of allylic oxidation sites excluding steroid dienone is 1. The van der Waals surface area contributed by atoms with Gasteiger partial charge in [-0.3, -0.25) is 9.59 Å². The molecular formula is C13H14N2O2S. The van der Waals surface area contributed by atoms with Crippen molar-refractivity contribution in [3.8, 4) is 0 Å². The number of carbonyl (C=O) groups is 2. The summed E-state index contributed by atoms with van der Waals surface area (Å²) < 4.78 is 0. The molecule has 0 fully saturated rings. The van der Waals surface area contributed by atoms with Gasteiger partial charge in [0, 0.05) is 11.1 Å². The Hall–Kier alpha value is -1.88. The molecule has 18 heavy (non-hydrogen) atoms. The largest absolute Gasteiger partial charge is 0.313 e. The van der Waals surface area contributed by atoms with Crippen molar-refractivity contribution in [3.63, 3.8) is 0 Å². The summed E-state index contributed by atoms with van der Waals surface area (Å²) in [7, 11) is 0. The topological polar surface area (TPSA) is 58.5 Å². The highest BCUT2D eigenvalue weighted by atomic mass is 32.2. The van der Waals surface area contributed by atoms with Crippen molar-refractivity contribution >= 4 is 30.3 Å². The Morgan fingerprint density at radius 1 is 1.28 bits per heavy atom. The fourth-order valence-electron chi connectivity index (χ4n) is 1.28. The van der Waals surface area contributed by atoms with Crippen LogP contribution in [-0.2, 0) is 9.59 Å². The fraction of sp³-hybridized carbons (Fsp3) is 0.154. The first-order valence-corrected chi connectivity index (χ1v) is 6.49. The van der Waals surface area contributed by atoms with Gasteiger partial charge in [0.05, 0.1) is 0 Å². The van der Waals surface area contributed by atoms with E-state index in [2.05, 4.69) is 10.3 Å². The number of benzene rings is 1. The molecule has 0 bridgehead atoms. The molecule has 1 rings (SSSR count). The maximum atomic E-state index is 10.8. The number of amides is 1. The van der Waals surface area contributed by atoms with Gasteiger partial charge in [-0.1, -0.05) is 30.3 Å². The highest BCUT2D eigenvalue weighted by molar-refractivity contribution is 8.02. The summed E-state index contributed by atoms with van der Waals surface area (Å²) >= 11 is 1.36. The minimum absolute atomic E-state index is 0.427. The molecule has 1 aromatic carbocycles. The van der Waals surface area contributed by atoms with Crippen molar-refractivity contribution in [1.82, 2.24) is 5.32 Å². The average molecular weight is 262 g/mol. The number of hydrogen-bond donors (Lipinski definition) is 1. The number of thioether (sulfide) groups is 1. The van der Waals surface area contributed by atoms with Gasteiger partial charge in [0.15, 0.2) is 0 Å². The van der Waals surface area contributed by atoms with Crippen molar-refractivity contribution in [3.05, 3.63) is 46.5 Å². The van der Waals surface area contributed by atoms with Crippen LogP contribution in [0.3, 0.4) is 0 Å². The van der Waals surface area contributed by atoms with Crippen LogP contribution in [0.4, 0.5) is 0 Å². The quantitative estimate of drug-likeness (QED) is 0.382. The van der Waals surface area contributed by atoms with E-state index in [4.69, 9.17) is 0 Å². The molecule has 0 aromatic heterocycles. The summed E-state index contributed by atoms with van der Waals surface area (Å²) in [6.45, 7) is 1.69. The minimum atomic E-state index is 0.427. The van der Waals surface area contributed by atoms with Crippen LogP contribution in [0, 0.1) is 0 Å². The Labute approximate surface area is 110 Å². The predicted molar refractivity (Wildman–Crippen MR) is 74.5 cm³/mol. The molecule has 0 heterocycles. The number of carbonyl (C=O) groups excluding carboxylic acids is 2. The molecule has 0 saturated carbocycles. The van der Waals surface area contributed by atoms with Crippen LogP contribution < -0.4 is 5.32 Å². The highest BCUT2D eigenvalue weighted by Crippen LogP contribution is 2.18. The third kappa shape index (κ3) is 3.85. The fourth-order valence-corrected chi connectivity index (χ4v) is 1.83. The summed E-state index contributed by atoms with van der Waals surface area (Å²) in [6.07, 6.45) is 3.15. The second-order valence-electron chi connectivity index (χ2n) is 3.40. The molecule has 1 amide bonds. The van der Waals surface area contributed by atoms with Gasteiger partial charge in [0.2, 0.25) is 6.41 Å². The lowest BCUT2D eigenvalue weighted by atomic mass is 10.2. The smallest absolute Gasteiger partial charge is 0.212 e. The molecule has 0 aliphatic carbocycles. The van der Waals surface area contributed by atoms with Crippen molar-refractivity contribution in [2.24, 2.45) is 4.99 Å². The van der Waals surface area contributed by atoms with Crippen LogP contribution in [0.1, 0.15) is 12.5 Å². The Bertz CT molecular complexity index is 481. The van der Waals surface area contributed by atoms with E-state index < -0.39 is 0 Å². The first kappa shape index (κ1) is 14.2. The second-order valence-corrected chi connectivity index (χ2v) is 4.19. The van der Waals surface area contributed by atoms with E-state index in [1.165, 1.54) is 11.8 Å². The Balaban J connectivity index is 3.20. The average Bonchev–Trinajstić information content (AvgIpc) is 2.43. The van der Waals surface area contributed by atoms with E-state index in [0.717, 1.165) is 11.8 Å². The second kappa shape index (κ2) is 7.45. The van der Waals surface area contributed by atoms with Gasteiger partial charge in [-0.25, -0.2) is 4.99 Å². The summed E-state index contributed by atoms with van der Waals surface area (Å²) in [4.78, 5) is 25.7. The van der Waals surface area contributed by atoms with Crippen LogP contribution >= 0.6 is 11.8 Å². The van der Waals surface area contributed by atoms with Gasteiger partial charge < -0.3 is 5.32 Å². The highest BCUT2D eigenvalue weighted by Gasteiger charge is 2.05. The monoisotopic (exact) mass is 262 g/mol. The summed E-state index contributed by atoms with van der Waals surface area (Å²) in [5, 5.41) is 3.13. The van der Waals surface area contributed by atoms with Gasteiger partial charge in [0.1, 0.15) is 17.2 Å². The normalized spacial score (nSPS) is 12.7. The van der Waals surface area contributed by atoms with Crippen LogP contribution in [0.2, 0.25) is 0 Å². The van der Waals surface area contributed by atoms with Gasteiger partial charge in [0.25, 0.3) is 0 Å². The van der Waals surface area contributed by atoms with Gasteiger partial charge in [-0.15, -0.1) is 11.8 Å². The number of rotatable bonds is 5. The number of hydrogen-bond acceptors (Lipinski definition) is 4. The van der Waals surface area contributed by atoms with E-state index in [9.17, 15) is 9.59 Å². The van der Waals surface area contributed by atoms with Crippen molar-refractivity contribution in [1.29, 1.82) is 0 Å². The maximum absolute atomic E-state index is 10.8. The first-order valence-electron chi connectivity index (χ1n) is 5.27. The third-order valence-electron chi connectivity index (χ3n) is 2.16. The van der Waals surface area contributed by atoms with Gasteiger partial charge >= 0.3 is 0 Å². The van der Waals surface area contributed by atoms with Crippen LogP contribution in [0.25, 0.3) is 0 Å². The molecule has 5 heteroatoms. The number of aliphatic imine (C=N–C) groups is 1. The van der Waals surface area contributed by atoms with E-state index in [-0.39, 0.29) is 0 Å². The standard InChI is InChI=1S/C13H14N2O2S/c1-10(8-16)13(18-2)15-12(14-9-17)11-6-4-3-5-7-11/h3-9H,1-2H3,(H,14,15,17)/b13-10-. The van der Waals surface area contributed by atoms with Crippen LogP contribution in [0.15, 0.2) is 45.9 Å². The number of amidine groups is 1. The lowest BCUT2D eigenvalue weighted by molar-refractivity contribution is -0.108. The lowest BCUT2D eigenvalue weighted by Crippen LogP contribution is -2.22. The Morgan fingerprint density at radius 2 is 1.94 bits per heavy atom. The Morgan fingerprint density at radius 3 is 2.44 bits per heavy atom. The van der Waals surface area contributed by atoms with Crippen LogP contribution in [-0.4, -0.2) is 24.8 Å². The minimum Gasteiger partial charge on any atom is -0.313 e. The van der Waals surface area contributed by atoms with Gasteiger partial charge in [-0.05, 0) is 13.2 Å². The summed E-state index contributed by atoms with van der Waals surface area (Å²) in [5.74, 6) is 0.427. The maximum Gasteiger partial charge on any atom is 0.212 e. The molecule has 0 radical (unpaired) electrons. The van der Waals surface area contributed by atoms with Gasteiger partial charge in [-0.2, -0.15) is 0 Å². The zero-order valence-electron chi connectivity index (χ0n) is 10.2. The van der Waals surface area contributed by atoms with Crippen LogP contribution in [0.5, 0.6) is 0 Å². The molecule has 94 valence electrons. The predicted octanol–water partition coefficient (Wildman–Crippen LogP) is 1.97. The SMILES string of the molecule is CS/C(N=C(NC=O)c1ccccc1)=C(/C)C=O. The Kier molecular flexibility index (Phi) is 5.87. The molecule has 4 nitrogen and oxygen atoms in total. The van der Waals surface area contributed by atoms with E-state index in [1.54, 1.807) is 6.92 Å². The summed E-state index contributed by atoms with van der Waals surface area (Å²) in [5.41, 5.74) is 1.32. The van der Waals surface area contributed by atoms with E-state index >= 15 is 0 Å². The number of nitrogens with zero attached hydrogens (tertiary/aromatic N) is 1. The molecule has 1 N–H and O–H groups in total. The number of aldehydes is 1.